The van der Waals surface area contributed by atoms with Crippen molar-refractivity contribution >= 4 is 15.8 Å². The molecular formula is C5H7NO3S. The molecule has 0 spiro atoms. The van der Waals surface area contributed by atoms with Gasteiger partial charge in [-0.3, -0.25) is 9.10 Å². The topological polar surface area (TPSA) is 54.5 Å². The molecule has 5 heteroatoms. The van der Waals surface area contributed by atoms with Crippen LogP contribution >= 0.6 is 0 Å². The molecule has 1 aliphatic rings. The Balaban J connectivity index is 3.05. The van der Waals surface area contributed by atoms with Crippen molar-refractivity contribution in [3.63, 3.8) is 0 Å². The minimum absolute atomic E-state index is 0.363. The Morgan fingerprint density at radius 3 is 2.60 bits per heavy atom. The van der Waals surface area contributed by atoms with Gasteiger partial charge in [0.2, 0.25) is 10.0 Å². The number of sulfonamides is 1. The highest BCUT2D eigenvalue weighted by molar-refractivity contribution is 7.90. The summed E-state index contributed by atoms with van der Waals surface area (Å²) in [6.07, 6.45) is 2.50. The van der Waals surface area contributed by atoms with Gasteiger partial charge in [0.05, 0.1) is 0 Å². The molecule has 0 bridgehead atoms. The van der Waals surface area contributed by atoms with Crippen LogP contribution in [-0.4, -0.2) is 31.3 Å². The van der Waals surface area contributed by atoms with Crippen molar-refractivity contribution in [1.29, 1.82) is 0 Å². The Bertz CT molecular complexity index is 277. The zero-order chi connectivity index (χ0) is 7.78. The van der Waals surface area contributed by atoms with Gasteiger partial charge in [0.25, 0.3) is 0 Å². The first kappa shape index (κ1) is 7.27. The highest BCUT2D eigenvalue weighted by Crippen LogP contribution is 2.04. The van der Waals surface area contributed by atoms with E-state index in [1.165, 1.54) is 19.3 Å². The summed E-state index contributed by atoms with van der Waals surface area (Å²) in [7, 11) is -1.91. The zero-order valence-corrected chi connectivity index (χ0v) is 6.26. The standard InChI is InChI=1S/C5H7NO3S/c1-6-3-2-5(7)4-10(6,8)9/h2-3H,4H2,1H3. The van der Waals surface area contributed by atoms with Crippen LogP contribution in [0.1, 0.15) is 0 Å². The number of hydrogen-bond acceptors (Lipinski definition) is 3. The summed E-state index contributed by atoms with van der Waals surface area (Å²) in [5.74, 6) is -0.766. The molecule has 0 radical (unpaired) electrons. The molecule has 0 fully saturated rings. The van der Waals surface area contributed by atoms with Gasteiger partial charge in [0.15, 0.2) is 5.78 Å². The lowest BCUT2D eigenvalue weighted by Gasteiger charge is -2.16. The van der Waals surface area contributed by atoms with Gasteiger partial charge in [-0.05, 0) is 6.08 Å². The summed E-state index contributed by atoms with van der Waals surface area (Å²) in [6.45, 7) is 0. The van der Waals surface area contributed by atoms with Crippen LogP contribution in [0.25, 0.3) is 0 Å². The van der Waals surface area contributed by atoms with E-state index in [0.29, 0.717) is 0 Å². The Morgan fingerprint density at radius 2 is 2.20 bits per heavy atom. The maximum absolute atomic E-state index is 10.8. The third-order valence-electron chi connectivity index (χ3n) is 1.23. The number of nitrogens with zero attached hydrogens (tertiary/aromatic N) is 1. The lowest BCUT2D eigenvalue weighted by Crippen LogP contribution is -2.31. The molecule has 0 saturated heterocycles. The van der Waals surface area contributed by atoms with E-state index in [1.807, 2.05) is 0 Å². The Labute approximate surface area is 59.2 Å². The van der Waals surface area contributed by atoms with Crippen molar-refractivity contribution in [2.24, 2.45) is 0 Å². The molecule has 0 atom stereocenters. The van der Waals surface area contributed by atoms with Crippen molar-refractivity contribution < 1.29 is 13.2 Å². The van der Waals surface area contributed by atoms with Crippen LogP contribution in [0.2, 0.25) is 0 Å². The minimum Gasteiger partial charge on any atom is -0.294 e. The van der Waals surface area contributed by atoms with E-state index in [-0.39, 0.29) is 5.78 Å². The summed E-state index contributed by atoms with van der Waals surface area (Å²) in [4.78, 5) is 10.5. The van der Waals surface area contributed by atoms with Gasteiger partial charge in [0.1, 0.15) is 5.75 Å². The number of allylic oxidation sites excluding steroid dienone is 1. The Hall–Kier alpha value is -0.840. The second-order valence-electron chi connectivity index (χ2n) is 2.05. The number of rotatable bonds is 0. The van der Waals surface area contributed by atoms with Crippen LogP contribution in [-0.2, 0) is 14.8 Å². The summed E-state index contributed by atoms with van der Waals surface area (Å²) < 4.78 is 22.7. The average molecular weight is 161 g/mol. The summed E-state index contributed by atoms with van der Waals surface area (Å²) in [6, 6.07) is 0. The summed E-state index contributed by atoms with van der Waals surface area (Å²) >= 11 is 0. The first-order valence-corrected chi connectivity index (χ1v) is 4.30. The second-order valence-corrected chi connectivity index (χ2v) is 4.08. The van der Waals surface area contributed by atoms with Gasteiger partial charge in [-0.15, -0.1) is 0 Å². The quantitative estimate of drug-likeness (QED) is 0.474. The normalized spacial score (nSPS) is 23.3. The van der Waals surface area contributed by atoms with Gasteiger partial charge >= 0.3 is 0 Å². The summed E-state index contributed by atoms with van der Waals surface area (Å²) in [5, 5.41) is 0. The van der Waals surface area contributed by atoms with Crippen molar-refractivity contribution in [2.45, 2.75) is 0 Å². The number of carbonyl (C=O) groups excluding carboxylic acids is 1. The highest BCUT2D eigenvalue weighted by Gasteiger charge is 2.21. The van der Waals surface area contributed by atoms with Gasteiger partial charge in [-0.25, -0.2) is 8.42 Å². The fourth-order valence-electron chi connectivity index (χ4n) is 0.611. The largest absolute Gasteiger partial charge is 0.294 e. The highest BCUT2D eigenvalue weighted by atomic mass is 32.2. The fraction of sp³-hybridized carbons (Fsp3) is 0.400. The van der Waals surface area contributed by atoms with E-state index in [0.717, 1.165) is 4.31 Å². The van der Waals surface area contributed by atoms with E-state index >= 15 is 0 Å². The molecule has 0 aliphatic carbocycles. The van der Waals surface area contributed by atoms with Crippen LogP contribution in [0, 0.1) is 0 Å². The first-order valence-electron chi connectivity index (χ1n) is 2.69. The van der Waals surface area contributed by atoms with Crippen LogP contribution < -0.4 is 0 Å². The van der Waals surface area contributed by atoms with Crippen molar-refractivity contribution in [3.8, 4) is 0 Å². The molecule has 1 aliphatic heterocycles. The molecule has 4 nitrogen and oxygen atoms in total. The molecule has 0 saturated carbocycles. The molecule has 0 unspecified atom stereocenters. The van der Waals surface area contributed by atoms with E-state index in [9.17, 15) is 13.2 Å². The lowest BCUT2D eigenvalue weighted by molar-refractivity contribution is -0.112. The molecular weight excluding hydrogens is 154 g/mol. The van der Waals surface area contributed by atoms with Gasteiger partial charge in [-0.1, -0.05) is 0 Å². The number of hydrogen-bond donors (Lipinski definition) is 0. The van der Waals surface area contributed by atoms with Crippen LogP contribution in [0.3, 0.4) is 0 Å². The Kier molecular flexibility index (Phi) is 1.52. The van der Waals surface area contributed by atoms with Crippen LogP contribution in [0.4, 0.5) is 0 Å². The summed E-state index contributed by atoms with van der Waals surface area (Å²) in [5.41, 5.74) is 0. The molecule has 0 aromatic rings. The predicted octanol–water partition coefficient (Wildman–Crippen LogP) is -0.656. The van der Waals surface area contributed by atoms with E-state index in [4.69, 9.17) is 0 Å². The third-order valence-corrected chi connectivity index (χ3v) is 2.88. The molecule has 0 aromatic heterocycles. The maximum Gasteiger partial charge on any atom is 0.241 e. The smallest absolute Gasteiger partial charge is 0.241 e. The van der Waals surface area contributed by atoms with Crippen molar-refractivity contribution in [3.05, 3.63) is 12.3 Å². The monoisotopic (exact) mass is 161 g/mol. The maximum atomic E-state index is 10.8. The van der Waals surface area contributed by atoms with Gasteiger partial charge in [0, 0.05) is 13.2 Å². The van der Waals surface area contributed by atoms with Crippen molar-refractivity contribution in [1.82, 2.24) is 4.31 Å². The molecule has 1 heterocycles. The zero-order valence-electron chi connectivity index (χ0n) is 5.44. The predicted molar refractivity (Wildman–Crippen MR) is 35.7 cm³/mol. The minimum atomic E-state index is -3.31. The number of carbonyl (C=O) groups is 1. The van der Waals surface area contributed by atoms with E-state index in [1.54, 1.807) is 0 Å². The molecule has 10 heavy (non-hydrogen) atoms. The second kappa shape index (κ2) is 2.09. The molecule has 0 amide bonds. The van der Waals surface area contributed by atoms with Gasteiger partial charge in [-0.2, -0.15) is 0 Å². The molecule has 1 rings (SSSR count). The van der Waals surface area contributed by atoms with Gasteiger partial charge < -0.3 is 0 Å². The first-order chi connectivity index (χ1) is 4.52. The fourth-order valence-corrected chi connectivity index (χ4v) is 1.52. The third kappa shape index (κ3) is 1.18. The average Bonchev–Trinajstić information content (AvgIpc) is 1.78. The lowest BCUT2D eigenvalue weighted by atomic mass is 10.4. The molecule has 56 valence electrons. The molecule has 0 N–H and O–H groups in total. The Morgan fingerprint density at radius 1 is 1.60 bits per heavy atom. The molecule has 0 aromatic carbocycles. The van der Waals surface area contributed by atoms with Crippen LogP contribution in [0.5, 0.6) is 0 Å². The SMILES string of the molecule is CN1C=CC(=O)CS1(=O)=O. The van der Waals surface area contributed by atoms with Crippen LogP contribution in [0.15, 0.2) is 12.3 Å². The van der Waals surface area contributed by atoms with Crippen molar-refractivity contribution in [2.75, 3.05) is 12.8 Å². The number of ketones is 1. The van der Waals surface area contributed by atoms with E-state index < -0.39 is 15.8 Å². The van der Waals surface area contributed by atoms with E-state index in [2.05, 4.69) is 0 Å².